The van der Waals surface area contributed by atoms with Crippen LogP contribution in [0, 0.1) is 0 Å². The summed E-state index contributed by atoms with van der Waals surface area (Å²) in [5.74, 6) is 1.16. The van der Waals surface area contributed by atoms with E-state index in [1.807, 2.05) is 19.1 Å². The minimum absolute atomic E-state index is 0.175. The minimum Gasteiger partial charge on any atom is -0.493 e. The molecule has 0 radical (unpaired) electrons. The average Bonchev–Trinajstić information content (AvgIpc) is 3.23. The molecule has 9 heteroatoms. The molecule has 2 unspecified atom stereocenters. The number of nitrogens with one attached hydrogen (secondary N) is 1. The summed E-state index contributed by atoms with van der Waals surface area (Å²) in [6.07, 6.45) is 0.811. The maximum atomic E-state index is 13.5. The lowest BCUT2D eigenvalue weighted by atomic mass is 10.1. The highest BCUT2D eigenvalue weighted by Crippen LogP contribution is 2.44. The van der Waals surface area contributed by atoms with Gasteiger partial charge < -0.3 is 19.7 Å². The van der Waals surface area contributed by atoms with Crippen molar-refractivity contribution in [1.29, 1.82) is 0 Å². The molecular weight excluding hydrogens is 459 g/mol. The predicted octanol–water partition coefficient (Wildman–Crippen LogP) is 4.79. The summed E-state index contributed by atoms with van der Waals surface area (Å²) in [6.45, 7) is 2.53. The molecule has 1 aliphatic heterocycles. The molecule has 1 heterocycles. The van der Waals surface area contributed by atoms with Crippen LogP contribution in [0.2, 0.25) is 10.0 Å². The van der Waals surface area contributed by atoms with Gasteiger partial charge in [-0.1, -0.05) is 36.2 Å². The first-order chi connectivity index (χ1) is 14.9. The summed E-state index contributed by atoms with van der Waals surface area (Å²) in [5, 5.41) is 3.18. The van der Waals surface area contributed by atoms with Gasteiger partial charge in [0.15, 0.2) is 11.5 Å². The highest BCUT2D eigenvalue weighted by molar-refractivity contribution is 7.99. The highest BCUT2D eigenvalue weighted by atomic mass is 35.5. The van der Waals surface area contributed by atoms with Crippen molar-refractivity contribution in [2.45, 2.75) is 24.8 Å². The van der Waals surface area contributed by atoms with E-state index in [1.165, 1.54) is 17.8 Å². The van der Waals surface area contributed by atoms with Gasteiger partial charge in [0.25, 0.3) is 5.91 Å². The fourth-order valence-electron chi connectivity index (χ4n) is 3.36. The molecule has 3 rings (SSSR count). The van der Waals surface area contributed by atoms with Gasteiger partial charge in [-0.25, -0.2) is 0 Å². The number of rotatable bonds is 7. The molecule has 1 N–H and O–H groups in total. The molecule has 0 aliphatic carbocycles. The Morgan fingerprint density at radius 3 is 2.48 bits per heavy atom. The zero-order valence-electron chi connectivity index (χ0n) is 17.5. The van der Waals surface area contributed by atoms with Crippen LogP contribution in [0.1, 0.15) is 34.6 Å². The van der Waals surface area contributed by atoms with E-state index in [4.69, 9.17) is 32.7 Å². The van der Waals surface area contributed by atoms with E-state index in [1.54, 1.807) is 37.3 Å². The van der Waals surface area contributed by atoms with Gasteiger partial charge in [0.1, 0.15) is 11.4 Å². The van der Waals surface area contributed by atoms with Crippen LogP contribution in [-0.4, -0.2) is 49.3 Å². The number of thioether (sulfide) groups is 1. The van der Waals surface area contributed by atoms with Gasteiger partial charge in [-0.2, -0.15) is 0 Å². The number of hydrogen-bond donors (Lipinski definition) is 1. The third-order valence-electron chi connectivity index (χ3n) is 4.95. The molecule has 2 atom stereocenters. The number of ether oxygens (including phenoxy) is 2. The van der Waals surface area contributed by atoms with Gasteiger partial charge in [0.05, 0.1) is 24.3 Å². The van der Waals surface area contributed by atoms with Crippen LogP contribution < -0.4 is 14.8 Å². The van der Waals surface area contributed by atoms with Crippen LogP contribution in [0.15, 0.2) is 36.4 Å². The first-order valence-corrected chi connectivity index (χ1v) is 11.6. The molecular formula is C22H24Cl2N2O4S. The summed E-state index contributed by atoms with van der Waals surface area (Å²) >= 11 is 13.7. The Hall–Kier alpha value is -2.09. The molecule has 6 nitrogen and oxygen atoms in total. The first kappa shape index (κ1) is 23.6. The van der Waals surface area contributed by atoms with Crippen LogP contribution in [0.25, 0.3) is 0 Å². The number of hydrogen-bond acceptors (Lipinski definition) is 5. The SMILES string of the molecule is CCCNC(=O)C1CSC(c2ccc(OC)c(OC)c2)N1C(=O)c1ccc(Cl)c(Cl)c1. The highest BCUT2D eigenvalue weighted by Gasteiger charge is 2.42. The number of carbonyl (C=O) groups excluding carboxylic acids is 2. The van der Waals surface area contributed by atoms with Gasteiger partial charge in [0, 0.05) is 17.9 Å². The molecule has 2 aromatic carbocycles. The summed E-state index contributed by atoms with van der Waals surface area (Å²) < 4.78 is 10.7. The predicted molar refractivity (Wildman–Crippen MR) is 124 cm³/mol. The second-order valence-corrected chi connectivity index (χ2v) is 8.88. The van der Waals surface area contributed by atoms with Gasteiger partial charge in [-0.3, -0.25) is 9.59 Å². The van der Waals surface area contributed by atoms with Gasteiger partial charge >= 0.3 is 0 Å². The number of benzene rings is 2. The lowest BCUT2D eigenvalue weighted by Crippen LogP contribution is -2.48. The molecule has 1 saturated heterocycles. The number of amides is 2. The van der Waals surface area contributed by atoms with Crippen LogP contribution in [0.4, 0.5) is 0 Å². The van der Waals surface area contributed by atoms with Crippen molar-refractivity contribution in [1.82, 2.24) is 10.2 Å². The Kier molecular flexibility index (Phi) is 7.97. The second-order valence-electron chi connectivity index (χ2n) is 6.95. The maximum absolute atomic E-state index is 13.5. The number of halogens is 2. The van der Waals surface area contributed by atoms with Crippen LogP contribution in [0.3, 0.4) is 0 Å². The third kappa shape index (κ3) is 5.05. The molecule has 0 spiro atoms. The summed E-state index contributed by atoms with van der Waals surface area (Å²) in [6, 6.07) is 9.61. The molecule has 31 heavy (non-hydrogen) atoms. The van der Waals surface area contributed by atoms with E-state index in [0.717, 1.165) is 12.0 Å². The zero-order valence-corrected chi connectivity index (χ0v) is 19.8. The fraction of sp³-hybridized carbons (Fsp3) is 0.364. The van der Waals surface area contributed by atoms with Crippen LogP contribution in [-0.2, 0) is 4.79 Å². The van der Waals surface area contributed by atoms with E-state index in [2.05, 4.69) is 5.32 Å². The van der Waals surface area contributed by atoms with Crippen molar-refractivity contribution in [3.63, 3.8) is 0 Å². The molecule has 1 aliphatic rings. The van der Waals surface area contributed by atoms with Crippen LogP contribution in [0.5, 0.6) is 11.5 Å². The van der Waals surface area contributed by atoms with Crippen molar-refractivity contribution >= 4 is 46.8 Å². The molecule has 0 saturated carbocycles. The molecule has 1 fully saturated rings. The first-order valence-electron chi connectivity index (χ1n) is 9.80. The summed E-state index contributed by atoms with van der Waals surface area (Å²) in [4.78, 5) is 28.0. The van der Waals surface area contributed by atoms with E-state index in [0.29, 0.717) is 34.4 Å². The average molecular weight is 483 g/mol. The largest absolute Gasteiger partial charge is 0.493 e. The van der Waals surface area contributed by atoms with Gasteiger partial charge in [-0.15, -0.1) is 11.8 Å². The van der Waals surface area contributed by atoms with E-state index in [-0.39, 0.29) is 22.2 Å². The zero-order chi connectivity index (χ0) is 22.5. The second kappa shape index (κ2) is 10.5. The number of carbonyl (C=O) groups is 2. The topological polar surface area (TPSA) is 67.9 Å². The Morgan fingerprint density at radius 1 is 1.10 bits per heavy atom. The smallest absolute Gasteiger partial charge is 0.255 e. The third-order valence-corrected chi connectivity index (χ3v) is 7.01. The lowest BCUT2D eigenvalue weighted by Gasteiger charge is -2.29. The summed E-state index contributed by atoms with van der Waals surface area (Å²) in [7, 11) is 3.12. The Bertz CT molecular complexity index is 973. The monoisotopic (exact) mass is 482 g/mol. The molecule has 166 valence electrons. The van der Waals surface area contributed by atoms with Crippen molar-refractivity contribution in [2.24, 2.45) is 0 Å². The summed E-state index contributed by atoms with van der Waals surface area (Å²) in [5.41, 5.74) is 1.21. The molecule has 2 aromatic rings. The quantitative estimate of drug-likeness (QED) is 0.613. The van der Waals surface area contributed by atoms with E-state index in [9.17, 15) is 9.59 Å². The van der Waals surface area contributed by atoms with Crippen LogP contribution >= 0.6 is 35.0 Å². The molecule has 0 bridgehead atoms. The Morgan fingerprint density at radius 2 is 1.84 bits per heavy atom. The van der Waals surface area contributed by atoms with Crippen molar-refractivity contribution in [3.8, 4) is 11.5 Å². The van der Waals surface area contributed by atoms with E-state index >= 15 is 0 Å². The van der Waals surface area contributed by atoms with Crippen molar-refractivity contribution in [2.75, 3.05) is 26.5 Å². The standard InChI is InChI=1S/C22H24Cl2N2O4S/c1-4-9-25-20(27)17-12-31-22(14-6-8-18(29-2)19(11-14)30-3)26(17)21(28)13-5-7-15(23)16(24)10-13/h5-8,10-11,17,22H,4,9,12H2,1-3H3,(H,25,27). The van der Waals surface area contributed by atoms with E-state index < -0.39 is 6.04 Å². The van der Waals surface area contributed by atoms with Crippen molar-refractivity contribution in [3.05, 3.63) is 57.6 Å². The lowest BCUT2D eigenvalue weighted by molar-refractivity contribution is -0.124. The molecule has 0 aromatic heterocycles. The molecule has 2 amide bonds. The van der Waals surface area contributed by atoms with Gasteiger partial charge in [-0.05, 0) is 42.3 Å². The fourth-order valence-corrected chi connectivity index (χ4v) is 5.08. The normalized spacial score (nSPS) is 18.0. The Balaban J connectivity index is 2.00. The maximum Gasteiger partial charge on any atom is 0.255 e. The van der Waals surface area contributed by atoms with Gasteiger partial charge in [0.2, 0.25) is 5.91 Å². The Labute approximate surface area is 196 Å². The van der Waals surface area contributed by atoms with Crippen molar-refractivity contribution < 1.29 is 19.1 Å². The minimum atomic E-state index is -0.614. The number of nitrogens with zero attached hydrogens (tertiary/aromatic N) is 1. The number of methoxy groups -OCH3 is 2.